The van der Waals surface area contributed by atoms with Gasteiger partial charge in [0, 0.05) is 13.2 Å². The summed E-state index contributed by atoms with van der Waals surface area (Å²) in [5, 5.41) is 7.14. The van der Waals surface area contributed by atoms with Gasteiger partial charge in [-0.15, -0.1) is 0 Å². The van der Waals surface area contributed by atoms with Crippen molar-refractivity contribution in [2.45, 2.75) is 25.0 Å². The first-order valence-corrected chi connectivity index (χ1v) is 6.04. The Kier molecular flexibility index (Phi) is 2.98. The Balaban J connectivity index is 1.80. The molecule has 0 spiro atoms. The topological polar surface area (TPSA) is 60.2 Å². The summed E-state index contributed by atoms with van der Waals surface area (Å²) >= 11 is 0. The molecule has 1 aromatic heterocycles. The average Bonchev–Trinajstić information content (AvgIpc) is 3.10. The van der Waals surface area contributed by atoms with Crippen molar-refractivity contribution in [1.29, 1.82) is 0 Å². The first-order chi connectivity index (χ1) is 8.86. The van der Waals surface area contributed by atoms with Crippen molar-refractivity contribution in [2.24, 2.45) is 0 Å². The lowest BCUT2D eigenvalue weighted by Crippen LogP contribution is -2.06. The summed E-state index contributed by atoms with van der Waals surface area (Å²) in [6.45, 7) is 0. The molecule has 0 aliphatic heterocycles. The van der Waals surface area contributed by atoms with E-state index in [9.17, 15) is 0 Å². The van der Waals surface area contributed by atoms with Crippen LogP contribution in [0.4, 0.5) is 6.01 Å². The van der Waals surface area contributed by atoms with E-state index in [0.717, 1.165) is 5.56 Å². The normalized spacial score (nSPS) is 16.5. The molecule has 1 unspecified atom stereocenters. The van der Waals surface area contributed by atoms with E-state index < -0.39 is 0 Å². The van der Waals surface area contributed by atoms with Crippen LogP contribution < -0.4 is 5.32 Å². The molecule has 1 fully saturated rings. The predicted octanol–water partition coefficient (Wildman–Crippen LogP) is 2.38. The largest absolute Gasteiger partial charge is 0.369 e. The van der Waals surface area contributed by atoms with Crippen LogP contribution in [0.1, 0.15) is 30.3 Å². The molecule has 18 heavy (non-hydrogen) atoms. The van der Waals surface area contributed by atoms with Crippen molar-refractivity contribution in [3.63, 3.8) is 0 Å². The van der Waals surface area contributed by atoms with E-state index in [1.165, 1.54) is 12.8 Å². The van der Waals surface area contributed by atoms with Crippen molar-refractivity contribution in [2.75, 3.05) is 12.4 Å². The van der Waals surface area contributed by atoms with Crippen LogP contribution in [0.15, 0.2) is 34.9 Å². The molecule has 5 nitrogen and oxygen atoms in total. The number of ether oxygens (including phenoxy) is 1. The highest BCUT2D eigenvalue weighted by Gasteiger charge is 2.25. The number of rotatable bonds is 5. The summed E-state index contributed by atoms with van der Waals surface area (Å²) in [5.41, 5.74) is 1.01. The molecular formula is C13H15N3O2. The zero-order chi connectivity index (χ0) is 12.4. The fraction of sp³-hybridized carbons (Fsp3) is 0.385. The van der Waals surface area contributed by atoms with Crippen molar-refractivity contribution in [3.8, 4) is 0 Å². The Morgan fingerprint density at radius 3 is 2.78 bits per heavy atom. The second-order valence-electron chi connectivity index (χ2n) is 4.40. The maximum absolute atomic E-state index is 5.44. The van der Waals surface area contributed by atoms with Crippen LogP contribution in [0, 0.1) is 0 Å². The third-order valence-electron chi connectivity index (χ3n) is 2.92. The van der Waals surface area contributed by atoms with Crippen LogP contribution >= 0.6 is 0 Å². The summed E-state index contributed by atoms with van der Waals surface area (Å²) in [6, 6.07) is 10.8. The van der Waals surface area contributed by atoms with E-state index in [0.29, 0.717) is 17.9 Å². The molecule has 1 saturated carbocycles. The minimum absolute atomic E-state index is 0.287. The van der Waals surface area contributed by atoms with Gasteiger partial charge in [0.15, 0.2) is 0 Å². The summed E-state index contributed by atoms with van der Waals surface area (Å²) in [7, 11) is 1.64. The Morgan fingerprint density at radius 1 is 1.33 bits per heavy atom. The fourth-order valence-electron chi connectivity index (χ4n) is 1.82. The second kappa shape index (κ2) is 4.78. The highest BCUT2D eigenvalue weighted by molar-refractivity contribution is 5.27. The Bertz CT molecular complexity index is 508. The van der Waals surface area contributed by atoms with Gasteiger partial charge < -0.3 is 14.6 Å². The van der Waals surface area contributed by atoms with Crippen LogP contribution in [0.25, 0.3) is 0 Å². The molecule has 1 heterocycles. The summed E-state index contributed by atoms with van der Waals surface area (Å²) in [5.74, 6) is 0.548. The van der Waals surface area contributed by atoms with Crippen molar-refractivity contribution in [3.05, 3.63) is 41.7 Å². The lowest BCUT2D eigenvalue weighted by Gasteiger charge is -2.10. The van der Waals surface area contributed by atoms with Crippen LogP contribution in [0.2, 0.25) is 0 Å². The predicted molar refractivity (Wildman–Crippen MR) is 66.2 cm³/mol. The molecule has 1 atom stereocenters. The van der Waals surface area contributed by atoms with E-state index in [1.807, 2.05) is 30.3 Å². The Labute approximate surface area is 105 Å². The van der Waals surface area contributed by atoms with Gasteiger partial charge in [0.1, 0.15) is 6.10 Å². The third kappa shape index (κ3) is 2.36. The lowest BCUT2D eigenvalue weighted by molar-refractivity contribution is 0.126. The monoisotopic (exact) mass is 245 g/mol. The van der Waals surface area contributed by atoms with E-state index in [-0.39, 0.29) is 6.10 Å². The first-order valence-electron chi connectivity index (χ1n) is 6.04. The fourth-order valence-corrected chi connectivity index (χ4v) is 1.82. The van der Waals surface area contributed by atoms with Gasteiger partial charge in [-0.25, -0.2) is 0 Å². The zero-order valence-corrected chi connectivity index (χ0v) is 10.2. The van der Waals surface area contributed by atoms with Gasteiger partial charge in [0.05, 0.1) is 0 Å². The van der Waals surface area contributed by atoms with Crippen molar-refractivity contribution in [1.82, 2.24) is 10.1 Å². The number of nitrogens with one attached hydrogen (secondary N) is 1. The molecule has 1 aliphatic rings. The van der Waals surface area contributed by atoms with Gasteiger partial charge in [-0.2, -0.15) is 4.98 Å². The molecule has 1 aliphatic carbocycles. The van der Waals surface area contributed by atoms with Gasteiger partial charge >= 0.3 is 6.01 Å². The highest BCUT2D eigenvalue weighted by Crippen LogP contribution is 2.26. The highest BCUT2D eigenvalue weighted by atomic mass is 16.5. The molecule has 1 aromatic carbocycles. The second-order valence-corrected chi connectivity index (χ2v) is 4.40. The average molecular weight is 245 g/mol. The van der Waals surface area contributed by atoms with Crippen LogP contribution in [-0.2, 0) is 4.74 Å². The molecule has 0 radical (unpaired) electrons. The SMILES string of the molecule is COC(c1ccccc1)c1noc(NC2CC2)n1. The number of anilines is 1. The van der Waals surface area contributed by atoms with Gasteiger partial charge in [0.25, 0.3) is 0 Å². The minimum atomic E-state index is -0.287. The van der Waals surface area contributed by atoms with Crippen molar-refractivity contribution < 1.29 is 9.26 Å². The summed E-state index contributed by atoms with van der Waals surface area (Å²) < 4.78 is 10.6. The Hall–Kier alpha value is -1.88. The molecule has 3 rings (SSSR count). The molecular weight excluding hydrogens is 230 g/mol. The number of methoxy groups -OCH3 is 1. The maximum atomic E-state index is 5.44. The van der Waals surface area contributed by atoms with E-state index in [4.69, 9.17) is 9.26 Å². The van der Waals surface area contributed by atoms with Crippen molar-refractivity contribution >= 4 is 6.01 Å². The molecule has 2 aromatic rings. The lowest BCUT2D eigenvalue weighted by atomic mass is 10.1. The number of benzene rings is 1. The molecule has 94 valence electrons. The molecule has 0 amide bonds. The van der Waals surface area contributed by atoms with Gasteiger partial charge in [-0.05, 0) is 18.4 Å². The third-order valence-corrected chi connectivity index (χ3v) is 2.92. The summed E-state index contributed by atoms with van der Waals surface area (Å²) in [6.07, 6.45) is 2.05. The van der Waals surface area contributed by atoms with Crippen LogP contribution in [-0.4, -0.2) is 23.3 Å². The molecule has 0 bridgehead atoms. The number of hydrogen-bond acceptors (Lipinski definition) is 5. The molecule has 0 saturated heterocycles. The van der Waals surface area contributed by atoms with Gasteiger partial charge in [-0.3, -0.25) is 0 Å². The van der Waals surface area contributed by atoms with E-state index >= 15 is 0 Å². The zero-order valence-electron chi connectivity index (χ0n) is 10.2. The number of hydrogen-bond donors (Lipinski definition) is 1. The minimum Gasteiger partial charge on any atom is -0.369 e. The van der Waals surface area contributed by atoms with Gasteiger partial charge in [-0.1, -0.05) is 35.5 Å². The van der Waals surface area contributed by atoms with Crippen LogP contribution in [0.5, 0.6) is 0 Å². The van der Waals surface area contributed by atoms with E-state index in [1.54, 1.807) is 7.11 Å². The quantitative estimate of drug-likeness (QED) is 0.876. The molecule has 1 N–H and O–H groups in total. The molecule has 5 heteroatoms. The summed E-state index contributed by atoms with van der Waals surface area (Å²) in [4.78, 5) is 4.32. The smallest absolute Gasteiger partial charge is 0.321 e. The van der Waals surface area contributed by atoms with Crippen LogP contribution in [0.3, 0.4) is 0 Å². The van der Waals surface area contributed by atoms with E-state index in [2.05, 4.69) is 15.5 Å². The number of nitrogens with zero attached hydrogens (tertiary/aromatic N) is 2. The standard InChI is InChI=1S/C13H15N3O2/c1-17-11(9-5-3-2-4-6-9)12-15-13(18-16-12)14-10-7-8-10/h2-6,10-11H,7-8H2,1H3,(H,14,15,16). The first kappa shape index (κ1) is 11.2. The Morgan fingerprint density at radius 2 is 2.11 bits per heavy atom. The van der Waals surface area contributed by atoms with Gasteiger partial charge in [0.2, 0.25) is 5.82 Å². The number of aromatic nitrogens is 2. The maximum Gasteiger partial charge on any atom is 0.321 e.